The Morgan fingerprint density at radius 2 is 1.90 bits per heavy atom. The van der Waals surface area contributed by atoms with Gasteiger partial charge in [0.15, 0.2) is 0 Å². The lowest BCUT2D eigenvalue weighted by atomic mass is 10.1. The molecule has 152 valence electrons. The van der Waals surface area contributed by atoms with Crippen LogP contribution in [-0.4, -0.2) is 22.9 Å². The fraction of sp³-hybridized carbons (Fsp3) is 0.167. The van der Waals surface area contributed by atoms with Gasteiger partial charge in [0.05, 0.1) is 25.7 Å². The normalized spacial score (nSPS) is 10.9. The summed E-state index contributed by atoms with van der Waals surface area (Å²) in [5.41, 5.74) is 2.75. The van der Waals surface area contributed by atoms with Crippen LogP contribution in [0.5, 0.6) is 5.75 Å². The highest BCUT2D eigenvalue weighted by molar-refractivity contribution is 7.09. The van der Waals surface area contributed by atoms with Crippen molar-refractivity contribution in [1.29, 1.82) is 0 Å². The lowest BCUT2D eigenvalue weighted by Gasteiger charge is -2.22. The highest BCUT2D eigenvalue weighted by Crippen LogP contribution is 2.21. The molecule has 0 radical (unpaired) electrons. The van der Waals surface area contributed by atoms with E-state index in [2.05, 4.69) is 4.98 Å². The number of aromatic amines is 1. The quantitative estimate of drug-likeness (QED) is 0.492. The van der Waals surface area contributed by atoms with Crippen molar-refractivity contribution in [3.05, 3.63) is 98.0 Å². The van der Waals surface area contributed by atoms with E-state index < -0.39 is 0 Å². The number of nitrogens with one attached hydrogen (secondary N) is 1. The van der Waals surface area contributed by atoms with Crippen LogP contribution in [0.15, 0.2) is 70.8 Å². The van der Waals surface area contributed by atoms with Gasteiger partial charge in [0.1, 0.15) is 5.75 Å². The molecular weight excluding hydrogens is 396 g/mol. The topological polar surface area (TPSA) is 62.4 Å². The number of rotatable bonds is 6. The van der Waals surface area contributed by atoms with Crippen LogP contribution in [0.1, 0.15) is 26.4 Å². The molecule has 0 aliphatic carbocycles. The molecule has 0 saturated heterocycles. The number of amides is 1. The van der Waals surface area contributed by atoms with Crippen molar-refractivity contribution < 1.29 is 9.53 Å². The first-order valence-electron chi connectivity index (χ1n) is 9.62. The minimum atomic E-state index is -0.175. The first kappa shape index (κ1) is 19.9. The van der Waals surface area contributed by atoms with E-state index in [0.717, 1.165) is 21.3 Å². The number of hydrogen-bond acceptors (Lipinski definition) is 4. The number of hydrogen-bond donors (Lipinski definition) is 1. The summed E-state index contributed by atoms with van der Waals surface area (Å²) in [7, 11) is 1.57. The van der Waals surface area contributed by atoms with E-state index in [9.17, 15) is 9.59 Å². The number of carbonyl (C=O) groups is 1. The number of thiophene rings is 1. The third-order valence-corrected chi connectivity index (χ3v) is 5.92. The Bertz CT molecular complexity index is 1250. The zero-order chi connectivity index (χ0) is 21.1. The minimum Gasteiger partial charge on any atom is -0.497 e. The maximum absolute atomic E-state index is 13.3. The lowest BCUT2D eigenvalue weighted by Crippen LogP contribution is -2.32. The number of pyridine rings is 1. The zero-order valence-corrected chi connectivity index (χ0v) is 17.7. The number of ether oxygens (including phenoxy) is 1. The third-order valence-electron chi connectivity index (χ3n) is 5.06. The van der Waals surface area contributed by atoms with E-state index in [1.165, 1.54) is 0 Å². The maximum atomic E-state index is 13.3. The van der Waals surface area contributed by atoms with Gasteiger partial charge in [0.25, 0.3) is 11.5 Å². The second-order valence-electron chi connectivity index (χ2n) is 7.14. The summed E-state index contributed by atoms with van der Waals surface area (Å²) in [5, 5.41) is 2.93. The first-order valence-corrected chi connectivity index (χ1v) is 10.5. The van der Waals surface area contributed by atoms with E-state index in [-0.39, 0.29) is 18.0 Å². The van der Waals surface area contributed by atoms with Crippen LogP contribution in [0.3, 0.4) is 0 Å². The summed E-state index contributed by atoms with van der Waals surface area (Å²) >= 11 is 1.59. The summed E-state index contributed by atoms with van der Waals surface area (Å²) in [4.78, 5) is 31.8. The molecule has 1 amide bonds. The molecule has 0 aliphatic rings. The van der Waals surface area contributed by atoms with Gasteiger partial charge < -0.3 is 14.6 Å². The number of para-hydroxylation sites is 1. The molecule has 0 bridgehead atoms. The van der Waals surface area contributed by atoms with E-state index in [1.54, 1.807) is 47.6 Å². The smallest absolute Gasteiger partial charge is 0.254 e. The predicted molar refractivity (Wildman–Crippen MR) is 120 cm³/mol. The first-order chi connectivity index (χ1) is 14.5. The molecule has 0 atom stereocenters. The highest BCUT2D eigenvalue weighted by atomic mass is 32.1. The molecule has 0 spiro atoms. The van der Waals surface area contributed by atoms with Crippen LogP contribution < -0.4 is 10.3 Å². The summed E-state index contributed by atoms with van der Waals surface area (Å²) in [6, 6.07) is 18.8. The molecule has 6 heteroatoms. The molecule has 1 N–H and O–H groups in total. The van der Waals surface area contributed by atoms with Gasteiger partial charge in [-0.05, 0) is 53.6 Å². The monoisotopic (exact) mass is 418 g/mol. The Labute approximate surface area is 178 Å². The largest absolute Gasteiger partial charge is 0.497 e. The average molecular weight is 419 g/mol. The molecular formula is C24H22N2O3S. The van der Waals surface area contributed by atoms with Crippen molar-refractivity contribution in [3.63, 3.8) is 0 Å². The Morgan fingerprint density at radius 1 is 1.07 bits per heavy atom. The van der Waals surface area contributed by atoms with Crippen LogP contribution >= 0.6 is 11.3 Å². The average Bonchev–Trinajstić information content (AvgIpc) is 3.27. The molecule has 0 unspecified atom stereocenters. The molecule has 0 fully saturated rings. The summed E-state index contributed by atoms with van der Waals surface area (Å²) in [6.45, 7) is 2.61. The number of nitrogens with zero attached hydrogens (tertiary/aromatic N) is 1. The second-order valence-corrected chi connectivity index (χ2v) is 8.17. The second kappa shape index (κ2) is 8.55. The molecule has 5 nitrogen and oxygen atoms in total. The van der Waals surface area contributed by atoms with Gasteiger partial charge in [-0.3, -0.25) is 9.59 Å². The number of carbonyl (C=O) groups excluding carboxylic acids is 1. The van der Waals surface area contributed by atoms with Gasteiger partial charge in [-0.25, -0.2) is 0 Å². The van der Waals surface area contributed by atoms with Crippen LogP contribution in [0.2, 0.25) is 0 Å². The lowest BCUT2D eigenvalue weighted by molar-refractivity contribution is 0.0731. The summed E-state index contributed by atoms with van der Waals surface area (Å²) in [6.07, 6.45) is 0. The van der Waals surface area contributed by atoms with Crippen molar-refractivity contribution in [3.8, 4) is 5.75 Å². The minimum absolute atomic E-state index is 0.147. The predicted octanol–water partition coefficient (Wildman–Crippen LogP) is 4.75. The van der Waals surface area contributed by atoms with Gasteiger partial charge in [0.2, 0.25) is 0 Å². The van der Waals surface area contributed by atoms with Crippen molar-refractivity contribution in [2.24, 2.45) is 0 Å². The van der Waals surface area contributed by atoms with E-state index in [0.29, 0.717) is 23.4 Å². The fourth-order valence-electron chi connectivity index (χ4n) is 3.48. The van der Waals surface area contributed by atoms with Crippen LogP contribution in [-0.2, 0) is 13.1 Å². The number of fused-ring (bicyclic) bond motifs is 1. The molecule has 2 aromatic heterocycles. The van der Waals surface area contributed by atoms with Crippen molar-refractivity contribution >= 4 is 28.1 Å². The van der Waals surface area contributed by atoms with Crippen molar-refractivity contribution in [1.82, 2.24) is 9.88 Å². The Morgan fingerprint density at radius 3 is 2.67 bits per heavy atom. The molecule has 2 aromatic carbocycles. The van der Waals surface area contributed by atoms with Gasteiger partial charge in [-0.1, -0.05) is 30.3 Å². The number of H-pyrrole nitrogens is 1. The SMILES string of the molecule is COc1cccc(C(=O)N(Cc2cccs2)Cc2cc3cccc(C)c3[nH]c2=O)c1. The highest BCUT2D eigenvalue weighted by Gasteiger charge is 2.19. The van der Waals surface area contributed by atoms with Gasteiger partial charge in [-0.2, -0.15) is 0 Å². The van der Waals surface area contributed by atoms with Crippen LogP contribution in [0.25, 0.3) is 10.9 Å². The van der Waals surface area contributed by atoms with Gasteiger partial charge in [0, 0.05) is 16.0 Å². The Hall–Kier alpha value is -3.38. The summed E-state index contributed by atoms with van der Waals surface area (Å²) < 4.78 is 5.26. The summed E-state index contributed by atoms with van der Waals surface area (Å²) in [5.74, 6) is 0.474. The van der Waals surface area contributed by atoms with Gasteiger partial charge >= 0.3 is 0 Å². The maximum Gasteiger partial charge on any atom is 0.254 e. The molecule has 4 rings (SSSR count). The third kappa shape index (κ3) is 4.14. The Balaban J connectivity index is 1.71. The zero-order valence-electron chi connectivity index (χ0n) is 16.8. The van der Waals surface area contributed by atoms with E-state index in [1.807, 2.05) is 48.7 Å². The molecule has 0 saturated carbocycles. The fourth-order valence-corrected chi connectivity index (χ4v) is 4.20. The number of aromatic nitrogens is 1. The molecule has 4 aromatic rings. The number of benzene rings is 2. The number of methoxy groups -OCH3 is 1. The number of aryl methyl sites for hydroxylation is 1. The van der Waals surface area contributed by atoms with Crippen LogP contribution in [0, 0.1) is 6.92 Å². The van der Waals surface area contributed by atoms with Crippen molar-refractivity contribution in [2.75, 3.05) is 7.11 Å². The molecule has 2 heterocycles. The standard InChI is InChI=1S/C24H22N2O3S/c1-16-6-3-7-17-12-19(23(27)25-22(16)17)14-26(15-21-10-5-11-30-21)24(28)18-8-4-9-20(13-18)29-2/h3-13H,14-15H2,1-2H3,(H,25,27). The van der Waals surface area contributed by atoms with Crippen LogP contribution in [0.4, 0.5) is 0 Å². The van der Waals surface area contributed by atoms with Gasteiger partial charge in [-0.15, -0.1) is 11.3 Å². The molecule has 0 aliphatic heterocycles. The Kier molecular flexibility index (Phi) is 5.68. The molecule has 30 heavy (non-hydrogen) atoms. The van der Waals surface area contributed by atoms with E-state index in [4.69, 9.17) is 4.74 Å². The van der Waals surface area contributed by atoms with E-state index >= 15 is 0 Å². The van der Waals surface area contributed by atoms with Crippen molar-refractivity contribution in [2.45, 2.75) is 20.0 Å².